The van der Waals surface area contributed by atoms with Crippen molar-refractivity contribution in [2.24, 2.45) is 5.92 Å². The second-order valence-electron chi connectivity index (χ2n) is 9.19. The van der Waals surface area contributed by atoms with Crippen LogP contribution in [0.5, 0.6) is 11.5 Å². The van der Waals surface area contributed by atoms with Crippen LogP contribution < -0.4 is 9.47 Å². The lowest BCUT2D eigenvalue weighted by Gasteiger charge is -2.33. The number of hydrogen-bond donors (Lipinski definition) is 2. The van der Waals surface area contributed by atoms with Crippen LogP contribution in [0, 0.1) is 12.8 Å². The van der Waals surface area contributed by atoms with E-state index in [-0.39, 0.29) is 6.61 Å². The highest BCUT2D eigenvalue weighted by atomic mass is 16.5. The number of H-pyrrole nitrogens is 1. The van der Waals surface area contributed by atoms with Crippen LogP contribution in [0.1, 0.15) is 18.4 Å². The Morgan fingerprint density at radius 2 is 1.76 bits per heavy atom. The fourth-order valence-electron chi connectivity index (χ4n) is 4.78. The quantitative estimate of drug-likeness (QED) is 0.394. The molecule has 172 valence electrons. The van der Waals surface area contributed by atoms with Gasteiger partial charge in [0.05, 0.1) is 12.1 Å². The Labute approximate surface area is 194 Å². The van der Waals surface area contributed by atoms with Crippen LogP contribution in [0.3, 0.4) is 0 Å². The fraction of sp³-hybridized carbons (Fsp3) is 0.357. The number of aliphatic hydroxyl groups is 1. The molecule has 0 spiro atoms. The number of likely N-dealkylation sites (tertiary alicyclic amines) is 1. The molecule has 2 N–H and O–H groups in total. The molecular formula is C28H32N2O3. The van der Waals surface area contributed by atoms with Crippen LogP contribution in [0.15, 0.2) is 66.7 Å². The number of nitrogens with zero attached hydrogens (tertiary/aromatic N) is 1. The number of benzene rings is 3. The molecule has 4 aromatic rings. The molecule has 5 nitrogen and oxygen atoms in total. The zero-order chi connectivity index (χ0) is 22.6. The zero-order valence-electron chi connectivity index (χ0n) is 19.2. The maximum Gasteiger partial charge on any atom is 0.129 e. The molecule has 1 atom stereocenters. The summed E-state index contributed by atoms with van der Waals surface area (Å²) in [6.45, 7) is 5.73. The largest absolute Gasteiger partial charge is 0.493 e. The van der Waals surface area contributed by atoms with Crippen molar-refractivity contribution in [3.63, 3.8) is 0 Å². The standard InChI is InChI=1S/C28H32N2O3/c1-20-6-4-7-23(16-20)32-18-21-12-14-30(15-13-21)17-22(31)19-33-27-11-5-10-26-28(27)24-8-2-3-9-25(24)29-26/h2-11,16,21-22,29,31H,12-15,17-19H2,1H3. The van der Waals surface area contributed by atoms with E-state index >= 15 is 0 Å². The number of para-hydroxylation sites is 1. The third kappa shape index (κ3) is 5.15. The van der Waals surface area contributed by atoms with Crippen molar-refractivity contribution in [3.8, 4) is 11.5 Å². The maximum absolute atomic E-state index is 10.6. The van der Waals surface area contributed by atoms with Crippen LogP contribution >= 0.6 is 0 Å². The highest BCUT2D eigenvalue weighted by Gasteiger charge is 2.22. The molecule has 2 heterocycles. The second-order valence-corrected chi connectivity index (χ2v) is 9.19. The molecular weight excluding hydrogens is 412 g/mol. The van der Waals surface area contributed by atoms with Gasteiger partial charge in [0.15, 0.2) is 0 Å². The summed E-state index contributed by atoms with van der Waals surface area (Å²) in [5.74, 6) is 2.33. The Morgan fingerprint density at radius 1 is 0.970 bits per heavy atom. The lowest BCUT2D eigenvalue weighted by molar-refractivity contribution is 0.0507. The highest BCUT2D eigenvalue weighted by molar-refractivity contribution is 6.10. The van der Waals surface area contributed by atoms with Gasteiger partial charge < -0.3 is 24.5 Å². The molecule has 0 radical (unpaired) electrons. The minimum absolute atomic E-state index is 0.287. The molecule has 1 aliphatic heterocycles. The van der Waals surface area contributed by atoms with E-state index in [0.29, 0.717) is 12.5 Å². The van der Waals surface area contributed by atoms with Crippen LogP contribution in [-0.4, -0.2) is 53.9 Å². The molecule has 0 saturated carbocycles. The maximum atomic E-state index is 10.6. The van der Waals surface area contributed by atoms with E-state index in [0.717, 1.165) is 65.8 Å². The number of rotatable bonds is 8. The topological polar surface area (TPSA) is 57.7 Å². The van der Waals surface area contributed by atoms with Crippen molar-refractivity contribution in [1.82, 2.24) is 9.88 Å². The van der Waals surface area contributed by atoms with Crippen LogP contribution in [0.2, 0.25) is 0 Å². The fourth-order valence-corrected chi connectivity index (χ4v) is 4.78. The first-order valence-corrected chi connectivity index (χ1v) is 11.9. The third-order valence-electron chi connectivity index (χ3n) is 6.57. The molecule has 5 rings (SSSR count). The zero-order valence-corrected chi connectivity index (χ0v) is 19.2. The normalized spacial score (nSPS) is 16.3. The summed E-state index contributed by atoms with van der Waals surface area (Å²) in [5.41, 5.74) is 3.37. The summed E-state index contributed by atoms with van der Waals surface area (Å²) in [4.78, 5) is 5.78. The van der Waals surface area contributed by atoms with E-state index in [4.69, 9.17) is 9.47 Å². The summed E-state index contributed by atoms with van der Waals surface area (Å²) in [5, 5.41) is 12.9. The Bertz CT molecular complexity index is 1210. The number of aromatic nitrogens is 1. The van der Waals surface area contributed by atoms with Gasteiger partial charge in [0.25, 0.3) is 0 Å². The minimum atomic E-state index is -0.523. The van der Waals surface area contributed by atoms with Gasteiger partial charge in [-0.25, -0.2) is 0 Å². The molecule has 5 heteroatoms. The average Bonchev–Trinajstić information content (AvgIpc) is 3.22. The van der Waals surface area contributed by atoms with Gasteiger partial charge in [-0.05, 0) is 74.7 Å². The van der Waals surface area contributed by atoms with Gasteiger partial charge >= 0.3 is 0 Å². The van der Waals surface area contributed by atoms with Gasteiger partial charge in [-0.2, -0.15) is 0 Å². The van der Waals surface area contributed by atoms with Crippen LogP contribution in [0.25, 0.3) is 21.8 Å². The van der Waals surface area contributed by atoms with Crippen LogP contribution in [0.4, 0.5) is 0 Å². The Morgan fingerprint density at radius 3 is 2.61 bits per heavy atom. The number of ether oxygens (including phenoxy) is 2. The molecule has 0 amide bonds. The van der Waals surface area contributed by atoms with Gasteiger partial charge in [0.1, 0.15) is 24.2 Å². The first kappa shape index (κ1) is 21.8. The SMILES string of the molecule is Cc1cccc(OCC2CCN(CC(O)COc3cccc4[nH]c5ccccc5c34)CC2)c1. The van der Waals surface area contributed by atoms with Crippen LogP contribution in [-0.2, 0) is 0 Å². The summed E-state index contributed by atoms with van der Waals surface area (Å²) in [6, 6.07) is 22.5. The van der Waals surface area contributed by atoms with Crippen molar-refractivity contribution in [2.45, 2.75) is 25.9 Å². The van der Waals surface area contributed by atoms with Crippen molar-refractivity contribution in [1.29, 1.82) is 0 Å². The lowest BCUT2D eigenvalue weighted by Crippen LogP contribution is -2.41. The summed E-state index contributed by atoms with van der Waals surface area (Å²) < 4.78 is 12.1. The van der Waals surface area contributed by atoms with E-state index in [1.54, 1.807) is 0 Å². The number of fused-ring (bicyclic) bond motifs is 3. The van der Waals surface area contributed by atoms with E-state index in [2.05, 4.69) is 47.1 Å². The van der Waals surface area contributed by atoms with Gasteiger partial charge in [0, 0.05) is 22.8 Å². The van der Waals surface area contributed by atoms with Crippen molar-refractivity contribution in [2.75, 3.05) is 32.8 Å². The Balaban J connectivity index is 1.10. The molecule has 1 fully saturated rings. The van der Waals surface area contributed by atoms with E-state index in [1.807, 2.05) is 36.4 Å². The van der Waals surface area contributed by atoms with E-state index in [1.165, 1.54) is 5.56 Å². The number of hydrogen-bond acceptors (Lipinski definition) is 4. The number of aromatic amines is 1. The van der Waals surface area contributed by atoms with Crippen molar-refractivity contribution in [3.05, 3.63) is 72.3 Å². The predicted octanol–water partition coefficient (Wildman–Crippen LogP) is 5.16. The number of aryl methyl sites for hydroxylation is 1. The molecule has 3 aromatic carbocycles. The molecule has 1 aliphatic rings. The molecule has 0 aliphatic carbocycles. The minimum Gasteiger partial charge on any atom is -0.493 e. The summed E-state index contributed by atoms with van der Waals surface area (Å²) in [7, 11) is 0. The van der Waals surface area contributed by atoms with E-state index in [9.17, 15) is 5.11 Å². The molecule has 1 unspecified atom stereocenters. The molecule has 33 heavy (non-hydrogen) atoms. The van der Waals surface area contributed by atoms with Gasteiger partial charge in [-0.1, -0.05) is 36.4 Å². The Hall–Kier alpha value is -3.02. The van der Waals surface area contributed by atoms with Crippen molar-refractivity contribution >= 4 is 21.8 Å². The second kappa shape index (κ2) is 9.86. The average molecular weight is 445 g/mol. The smallest absolute Gasteiger partial charge is 0.129 e. The summed E-state index contributed by atoms with van der Waals surface area (Å²) >= 11 is 0. The number of piperidine rings is 1. The predicted molar refractivity (Wildman–Crippen MR) is 133 cm³/mol. The first-order valence-electron chi connectivity index (χ1n) is 11.9. The highest BCUT2D eigenvalue weighted by Crippen LogP contribution is 2.33. The molecule has 0 bridgehead atoms. The van der Waals surface area contributed by atoms with Gasteiger partial charge in [-0.15, -0.1) is 0 Å². The van der Waals surface area contributed by atoms with E-state index < -0.39 is 6.10 Å². The van der Waals surface area contributed by atoms with Crippen molar-refractivity contribution < 1.29 is 14.6 Å². The summed E-state index contributed by atoms with van der Waals surface area (Å²) in [6.07, 6.45) is 1.66. The molecule has 1 saturated heterocycles. The van der Waals surface area contributed by atoms with Gasteiger partial charge in [0.2, 0.25) is 0 Å². The third-order valence-corrected chi connectivity index (χ3v) is 6.57. The van der Waals surface area contributed by atoms with Gasteiger partial charge in [-0.3, -0.25) is 0 Å². The Kier molecular flexibility index (Phi) is 6.51. The first-order chi connectivity index (χ1) is 16.2. The number of nitrogens with one attached hydrogen (secondary N) is 1. The molecule has 1 aromatic heterocycles. The number of aliphatic hydroxyl groups excluding tert-OH is 1. The lowest BCUT2D eigenvalue weighted by atomic mass is 9.97. The number of β-amino-alcohol motifs (C(OH)–C–C–N with tert-alkyl or cyclic N) is 1. The monoisotopic (exact) mass is 444 g/mol.